The first-order valence-electron chi connectivity index (χ1n) is 6.40. The van der Waals surface area contributed by atoms with Crippen molar-refractivity contribution in [2.24, 2.45) is 0 Å². The van der Waals surface area contributed by atoms with Gasteiger partial charge < -0.3 is 14.2 Å². The standard InChI is InChI=1S/C15H17NO3/c1-9-4-11-6-12(18-8-17-3)7-14-15(11)13(16-9)5-10(2)19-14/h4,6-7,10H,5,8H2,1-3H3. The summed E-state index contributed by atoms with van der Waals surface area (Å²) in [7, 11) is 1.61. The maximum absolute atomic E-state index is 5.90. The third kappa shape index (κ3) is 2.24. The van der Waals surface area contributed by atoms with Crippen LogP contribution in [0.3, 0.4) is 0 Å². The molecule has 0 saturated carbocycles. The molecule has 0 amide bonds. The van der Waals surface area contributed by atoms with Crippen LogP contribution in [0.5, 0.6) is 11.5 Å². The summed E-state index contributed by atoms with van der Waals surface area (Å²) in [6.07, 6.45) is 0.992. The number of aryl methyl sites for hydroxylation is 1. The molecule has 1 unspecified atom stereocenters. The Hall–Kier alpha value is -1.81. The average Bonchev–Trinajstić information content (AvgIpc) is 2.34. The lowest BCUT2D eigenvalue weighted by molar-refractivity contribution is 0.0509. The van der Waals surface area contributed by atoms with Gasteiger partial charge in [-0.25, -0.2) is 0 Å². The van der Waals surface area contributed by atoms with E-state index in [0.717, 1.165) is 40.1 Å². The maximum atomic E-state index is 5.90. The quantitative estimate of drug-likeness (QED) is 0.795. The van der Waals surface area contributed by atoms with Crippen molar-refractivity contribution in [3.05, 3.63) is 29.6 Å². The SMILES string of the molecule is COCOc1cc2c3c(nc(C)cc3c1)CC(C)O2. The van der Waals surface area contributed by atoms with Gasteiger partial charge in [-0.2, -0.15) is 0 Å². The zero-order chi connectivity index (χ0) is 13.4. The Kier molecular flexibility index (Phi) is 3.03. The summed E-state index contributed by atoms with van der Waals surface area (Å²) in [5.41, 5.74) is 2.13. The highest BCUT2D eigenvalue weighted by Gasteiger charge is 2.21. The second-order valence-electron chi connectivity index (χ2n) is 4.91. The van der Waals surface area contributed by atoms with Crippen molar-refractivity contribution in [3.63, 3.8) is 0 Å². The molecule has 1 atom stereocenters. The molecule has 1 aliphatic rings. The third-order valence-electron chi connectivity index (χ3n) is 3.22. The molecule has 19 heavy (non-hydrogen) atoms. The Balaban J connectivity index is 2.16. The number of nitrogens with zero attached hydrogens (tertiary/aromatic N) is 1. The number of hydrogen-bond acceptors (Lipinski definition) is 4. The predicted molar refractivity (Wildman–Crippen MR) is 72.8 cm³/mol. The summed E-state index contributed by atoms with van der Waals surface area (Å²) in [5.74, 6) is 1.61. The van der Waals surface area contributed by atoms with E-state index in [0.29, 0.717) is 0 Å². The van der Waals surface area contributed by atoms with E-state index in [4.69, 9.17) is 14.2 Å². The molecule has 3 rings (SSSR count). The van der Waals surface area contributed by atoms with Crippen molar-refractivity contribution in [2.45, 2.75) is 26.4 Å². The molecule has 0 radical (unpaired) electrons. The Bertz CT molecular complexity index is 624. The number of methoxy groups -OCH3 is 1. The molecule has 0 fully saturated rings. The normalized spacial score (nSPS) is 17.3. The van der Waals surface area contributed by atoms with E-state index in [1.807, 2.05) is 19.1 Å². The first-order valence-corrected chi connectivity index (χ1v) is 6.40. The number of ether oxygens (including phenoxy) is 3. The second-order valence-corrected chi connectivity index (χ2v) is 4.91. The van der Waals surface area contributed by atoms with E-state index >= 15 is 0 Å². The number of benzene rings is 1. The molecule has 1 aromatic heterocycles. The Morgan fingerprint density at radius 3 is 3.00 bits per heavy atom. The molecule has 0 saturated heterocycles. The van der Waals surface area contributed by atoms with Crippen LogP contribution < -0.4 is 9.47 Å². The molecule has 0 spiro atoms. The fourth-order valence-electron chi connectivity index (χ4n) is 2.54. The molecule has 1 aliphatic heterocycles. The average molecular weight is 259 g/mol. The van der Waals surface area contributed by atoms with Crippen LogP contribution in [0.25, 0.3) is 10.8 Å². The molecule has 0 bridgehead atoms. The lowest BCUT2D eigenvalue weighted by Crippen LogP contribution is -2.21. The second kappa shape index (κ2) is 4.70. The van der Waals surface area contributed by atoms with Crippen LogP contribution in [0.15, 0.2) is 18.2 Å². The van der Waals surface area contributed by atoms with Gasteiger partial charge in [-0.1, -0.05) is 0 Å². The molecule has 2 aromatic rings. The molecule has 2 heterocycles. The van der Waals surface area contributed by atoms with Crippen molar-refractivity contribution in [1.29, 1.82) is 0 Å². The summed E-state index contributed by atoms with van der Waals surface area (Å²) in [6, 6.07) is 5.98. The van der Waals surface area contributed by atoms with Crippen molar-refractivity contribution in [1.82, 2.24) is 4.98 Å². The number of pyridine rings is 1. The summed E-state index contributed by atoms with van der Waals surface area (Å²) >= 11 is 0. The van der Waals surface area contributed by atoms with E-state index in [1.54, 1.807) is 7.11 Å². The van der Waals surface area contributed by atoms with E-state index in [2.05, 4.69) is 18.0 Å². The van der Waals surface area contributed by atoms with Gasteiger partial charge in [0.25, 0.3) is 0 Å². The minimum atomic E-state index is 0.141. The predicted octanol–water partition coefficient (Wildman–Crippen LogP) is 2.85. The van der Waals surface area contributed by atoms with Crippen molar-refractivity contribution in [3.8, 4) is 11.5 Å². The van der Waals surface area contributed by atoms with Crippen molar-refractivity contribution in [2.75, 3.05) is 13.9 Å². The molecule has 4 nitrogen and oxygen atoms in total. The van der Waals surface area contributed by atoms with Crippen LogP contribution in [-0.4, -0.2) is 25.0 Å². The van der Waals surface area contributed by atoms with Gasteiger partial charge in [-0.3, -0.25) is 4.98 Å². The van der Waals surface area contributed by atoms with Gasteiger partial charge in [0.15, 0.2) is 6.79 Å². The van der Waals surface area contributed by atoms with E-state index in [1.165, 1.54) is 0 Å². The summed E-state index contributed by atoms with van der Waals surface area (Å²) < 4.78 is 16.4. The first-order chi connectivity index (χ1) is 9.17. The summed E-state index contributed by atoms with van der Waals surface area (Å²) in [5, 5.41) is 2.21. The van der Waals surface area contributed by atoms with Crippen molar-refractivity contribution < 1.29 is 14.2 Å². The van der Waals surface area contributed by atoms with E-state index < -0.39 is 0 Å². The van der Waals surface area contributed by atoms with Crippen LogP contribution in [0.4, 0.5) is 0 Å². The number of hydrogen-bond donors (Lipinski definition) is 0. The summed E-state index contributed by atoms with van der Waals surface area (Å²) in [6.45, 7) is 4.30. The maximum Gasteiger partial charge on any atom is 0.188 e. The van der Waals surface area contributed by atoms with Crippen LogP contribution in [0, 0.1) is 6.92 Å². The van der Waals surface area contributed by atoms with Gasteiger partial charge in [0.1, 0.15) is 17.6 Å². The van der Waals surface area contributed by atoms with Crippen LogP contribution in [0.1, 0.15) is 18.3 Å². The molecule has 0 N–H and O–H groups in total. The summed E-state index contributed by atoms with van der Waals surface area (Å²) in [4.78, 5) is 4.63. The van der Waals surface area contributed by atoms with Gasteiger partial charge >= 0.3 is 0 Å². The topological polar surface area (TPSA) is 40.6 Å². The van der Waals surface area contributed by atoms with Crippen molar-refractivity contribution >= 4 is 10.8 Å². The highest BCUT2D eigenvalue weighted by Crippen LogP contribution is 2.37. The Morgan fingerprint density at radius 2 is 2.21 bits per heavy atom. The Labute approximate surface area is 112 Å². The minimum absolute atomic E-state index is 0.141. The highest BCUT2D eigenvalue weighted by atomic mass is 16.7. The molecular weight excluding hydrogens is 242 g/mol. The number of rotatable bonds is 3. The van der Waals surface area contributed by atoms with Gasteiger partial charge in [0.05, 0.1) is 5.69 Å². The number of aromatic nitrogens is 1. The largest absolute Gasteiger partial charge is 0.489 e. The molecule has 1 aromatic carbocycles. The van der Waals surface area contributed by atoms with Gasteiger partial charge in [-0.05, 0) is 31.4 Å². The van der Waals surface area contributed by atoms with Gasteiger partial charge in [0.2, 0.25) is 0 Å². The van der Waals surface area contributed by atoms with Gasteiger partial charge in [0, 0.05) is 30.7 Å². The fourth-order valence-corrected chi connectivity index (χ4v) is 2.54. The molecule has 100 valence electrons. The molecule has 0 aliphatic carbocycles. The minimum Gasteiger partial charge on any atom is -0.489 e. The lowest BCUT2D eigenvalue weighted by atomic mass is 10.0. The highest BCUT2D eigenvalue weighted by molar-refractivity contribution is 5.92. The van der Waals surface area contributed by atoms with Crippen LogP contribution >= 0.6 is 0 Å². The fraction of sp³-hybridized carbons (Fsp3) is 0.400. The molecular formula is C15H17NO3. The smallest absolute Gasteiger partial charge is 0.188 e. The first kappa shape index (κ1) is 12.2. The van der Waals surface area contributed by atoms with E-state index in [-0.39, 0.29) is 12.9 Å². The van der Waals surface area contributed by atoms with E-state index in [9.17, 15) is 0 Å². The molecule has 4 heteroatoms. The van der Waals surface area contributed by atoms with Crippen LogP contribution in [-0.2, 0) is 11.2 Å². The third-order valence-corrected chi connectivity index (χ3v) is 3.22. The Morgan fingerprint density at radius 1 is 1.37 bits per heavy atom. The zero-order valence-corrected chi connectivity index (χ0v) is 11.4. The van der Waals surface area contributed by atoms with Gasteiger partial charge in [-0.15, -0.1) is 0 Å². The zero-order valence-electron chi connectivity index (χ0n) is 11.4. The monoisotopic (exact) mass is 259 g/mol. The lowest BCUT2D eigenvalue weighted by Gasteiger charge is -2.24. The van der Waals surface area contributed by atoms with Crippen LogP contribution in [0.2, 0.25) is 0 Å².